The molecule has 0 aliphatic heterocycles. The van der Waals surface area contributed by atoms with Crippen molar-refractivity contribution < 1.29 is 8.42 Å². The topological polar surface area (TPSA) is 87.2 Å². The summed E-state index contributed by atoms with van der Waals surface area (Å²) in [5, 5.41) is 14.6. The van der Waals surface area contributed by atoms with Crippen molar-refractivity contribution >= 4 is 21.8 Å². The fourth-order valence-corrected chi connectivity index (χ4v) is 4.34. The van der Waals surface area contributed by atoms with Crippen molar-refractivity contribution in [1.82, 2.24) is 4.90 Å². The average Bonchev–Trinajstić information content (AvgIpc) is 2.64. The predicted octanol–water partition coefficient (Wildman–Crippen LogP) is 3.11. The normalized spacial score (nSPS) is 12.7. The number of sulfonamides is 1. The average molecular weight is 404 g/mol. The first-order valence-electron chi connectivity index (χ1n) is 8.68. The van der Waals surface area contributed by atoms with E-state index < -0.39 is 10.0 Å². The Morgan fingerprint density at radius 2 is 1.89 bits per heavy atom. The Hall–Kier alpha value is -1.85. The molecule has 0 radical (unpaired) electrons. The third-order valence-corrected chi connectivity index (χ3v) is 6.41. The highest BCUT2D eigenvalue weighted by molar-refractivity contribution is 7.99. The molecule has 1 atom stereocenters. The van der Waals surface area contributed by atoms with Gasteiger partial charge in [0.25, 0.3) is 0 Å². The molecule has 144 valence electrons. The summed E-state index contributed by atoms with van der Waals surface area (Å²) in [6.45, 7) is 0.956. The number of nitriles is 1. The summed E-state index contributed by atoms with van der Waals surface area (Å²) in [6, 6.07) is 16.9. The lowest BCUT2D eigenvalue weighted by Gasteiger charge is -2.20. The first-order chi connectivity index (χ1) is 12.8. The van der Waals surface area contributed by atoms with Crippen LogP contribution in [0.5, 0.6) is 0 Å². The molecular weight excluding hydrogens is 378 g/mol. The van der Waals surface area contributed by atoms with Crippen molar-refractivity contribution in [3.05, 3.63) is 59.7 Å². The number of nitrogens with zero attached hydrogens (tertiary/aromatic N) is 2. The van der Waals surface area contributed by atoms with Crippen LogP contribution in [-0.4, -0.2) is 39.7 Å². The Balaban J connectivity index is 2.17. The van der Waals surface area contributed by atoms with Crippen LogP contribution < -0.4 is 5.14 Å². The van der Waals surface area contributed by atoms with Crippen molar-refractivity contribution in [2.75, 3.05) is 26.4 Å². The van der Waals surface area contributed by atoms with Gasteiger partial charge in [-0.05, 0) is 69.2 Å². The molecule has 0 aromatic heterocycles. The van der Waals surface area contributed by atoms with Crippen molar-refractivity contribution in [3.63, 3.8) is 0 Å². The zero-order chi connectivity index (χ0) is 19.9. The zero-order valence-corrected chi connectivity index (χ0v) is 17.3. The second kappa shape index (κ2) is 9.90. The highest BCUT2D eigenvalue weighted by Gasteiger charge is 2.16. The lowest BCUT2D eigenvalue weighted by atomic mass is 9.94. The number of hydrogen-bond donors (Lipinski definition) is 1. The smallest absolute Gasteiger partial charge is 0.238 e. The highest BCUT2D eigenvalue weighted by Crippen LogP contribution is 2.26. The van der Waals surface area contributed by atoms with Crippen LogP contribution in [-0.2, 0) is 16.4 Å². The van der Waals surface area contributed by atoms with E-state index in [0.717, 1.165) is 30.7 Å². The second-order valence-corrected chi connectivity index (χ2v) is 9.42. The number of benzene rings is 2. The molecule has 0 aliphatic rings. The van der Waals surface area contributed by atoms with Crippen LogP contribution in [0.1, 0.15) is 17.5 Å². The van der Waals surface area contributed by atoms with Crippen molar-refractivity contribution in [2.24, 2.45) is 11.1 Å². The summed E-state index contributed by atoms with van der Waals surface area (Å²) in [4.78, 5) is 3.35. The van der Waals surface area contributed by atoms with Gasteiger partial charge >= 0.3 is 0 Å². The van der Waals surface area contributed by atoms with E-state index in [1.54, 1.807) is 17.8 Å². The molecule has 0 unspecified atom stereocenters. The molecule has 5 nitrogen and oxygen atoms in total. The van der Waals surface area contributed by atoms with Crippen LogP contribution in [0.2, 0.25) is 0 Å². The second-order valence-electron chi connectivity index (χ2n) is 6.76. The van der Waals surface area contributed by atoms with E-state index >= 15 is 0 Å². The van der Waals surface area contributed by atoms with Crippen LogP contribution in [0.25, 0.3) is 0 Å². The molecule has 7 heteroatoms. The van der Waals surface area contributed by atoms with Gasteiger partial charge in [0.15, 0.2) is 0 Å². The van der Waals surface area contributed by atoms with Crippen LogP contribution in [0.3, 0.4) is 0 Å². The SMILES string of the molecule is CN(C)CC[C@H](CSc1ccccc1)Cc1ccc(S(N)(=O)=O)cc1C#N. The van der Waals surface area contributed by atoms with E-state index in [1.165, 1.54) is 17.0 Å². The Bertz CT molecular complexity index is 891. The summed E-state index contributed by atoms with van der Waals surface area (Å²) < 4.78 is 23.1. The van der Waals surface area contributed by atoms with E-state index in [9.17, 15) is 13.7 Å². The van der Waals surface area contributed by atoms with E-state index in [0.29, 0.717) is 11.5 Å². The van der Waals surface area contributed by atoms with E-state index in [-0.39, 0.29) is 4.90 Å². The molecule has 0 amide bonds. The van der Waals surface area contributed by atoms with E-state index in [1.807, 2.05) is 32.3 Å². The third-order valence-electron chi connectivity index (χ3n) is 4.25. The molecular formula is C20H25N3O2S2. The monoisotopic (exact) mass is 403 g/mol. The van der Waals surface area contributed by atoms with E-state index in [4.69, 9.17) is 5.14 Å². The number of hydrogen-bond acceptors (Lipinski definition) is 5. The minimum absolute atomic E-state index is 0.0219. The van der Waals surface area contributed by atoms with Gasteiger partial charge in [0.05, 0.1) is 16.5 Å². The molecule has 0 heterocycles. The van der Waals surface area contributed by atoms with Crippen molar-refractivity contribution in [2.45, 2.75) is 22.6 Å². The first-order valence-corrected chi connectivity index (χ1v) is 11.2. The van der Waals surface area contributed by atoms with Crippen molar-refractivity contribution in [1.29, 1.82) is 5.26 Å². The predicted molar refractivity (Wildman–Crippen MR) is 110 cm³/mol. The molecule has 0 spiro atoms. The van der Waals surface area contributed by atoms with Gasteiger partial charge in [-0.3, -0.25) is 0 Å². The largest absolute Gasteiger partial charge is 0.309 e. The Kier molecular flexibility index (Phi) is 7.87. The quantitative estimate of drug-likeness (QED) is 0.650. The Morgan fingerprint density at radius 1 is 1.19 bits per heavy atom. The van der Waals surface area contributed by atoms with Crippen LogP contribution in [0.4, 0.5) is 0 Å². The minimum atomic E-state index is -3.81. The molecule has 2 aromatic rings. The van der Waals surface area contributed by atoms with Gasteiger partial charge in [0.2, 0.25) is 10.0 Å². The molecule has 0 aliphatic carbocycles. The van der Waals surface area contributed by atoms with Crippen molar-refractivity contribution in [3.8, 4) is 6.07 Å². The summed E-state index contributed by atoms with van der Waals surface area (Å²) in [5.74, 6) is 1.30. The van der Waals surface area contributed by atoms with Crippen LogP contribution >= 0.6 is 11.8 Å². The maximum atomic E-state index is 11.5. The molecule has 2 N–H and O–H groups in total. The van der Waals surface area contributed by atoms with Gasteiger partial charge in [-0.15, -0.1) is 11.8 Å². The van der Waals surface area contributed by atoms with E-state index in [2.05, 4.69) is 23.1 Å². The standard InChI is InChI=1S/C20H25N3O2S2/c1-23(2)11-10-16(15-26-19-6-4-3-5-7-19)12-17-8-9-20(27(22,24)25)13-18(17)14-21/h3-9,13,16H,10-12,15H2,1-2H3,(H2,22,24,25)/t16-/m0/s1. The van der Waals surface area contributed by atoms with Gasteiger partial charge in [-0.2, -0.15) is 5.26 Å². The number of nitrogens with two attached hydrogens (primary N) is 1. The molecule has 2 rings (SSSR count). The fourth-order valence-electron chi connectivity index (χ4n) is 2.74. The minimum Gasteiger partial charge on any atom is -0.309 e. The first kappa shape index (κ1) is 21.5. The Morgan fingerprint density at radius 3 is 2.48 bits per heavy atom. The summed E-state index contributed by atoms with van der Waals surface area (Å²) >= 11 is 1.80. The van der Waals surface area contributed by atoms with Crippen LogP contribution in [0.15, 0.2) is 58.3 Å². The zero-order valence-electron chi connectivity index (χ0n) is 15.6. The number of primary sulfonamides is 1. The fraction of sp³-hybridized carbons (Fsp3) is 0.350. The summed E-state index contributed by atoms with van der Waals surface area (Å²) in [7, 11) is 0.279. The van der Waals surface area contributed by atoms with Gasteiger partial charge < -0.3 is 4.90 Å². The molecule has 0 bridgehead atoms. The summed E-state index contributed by atoms with van der Waals surface area (Å²) in [5.41, 5.74) is 1.24. The Labute approximate surface area is 166 Å². The van der Waals surface area contributed by atoms with Gasteiger partial charge in [0.1, 0.15) is 0 Å². The lowest BCUT2D eigenvalue weighted by molar-refractivity contribution is 0.361. The molecule has 2 aromatic carbocycles. The maximum absolute atomic E-state index is 11.5. The van der Waals surface area contributed by atoms with Gasteiger partial charge in [-0.25, -0.2) is 13.6 Å². The maximum Gasteiger partial charge on any atom is 0.238 e. The third kappa shape index (κ3) is 7.00. The lowest BCUT2D eigenvalue weighted by Crippen LogP contribution is -2.19. The molecule has 0 fully saturated rings. The molecule has 0 saturated heterocycles. The van der Waals surface area contributed by atoms with Crippen LogP contribution in [0, 0.1) is 17.2 Å². The van der Waals surface area contributed by atoms with Gasteiger partial charge in [-0.1, -0.05) is 24.3 Å². The number of thioether (sulfide) groups is 1. The summed E-state index contributed by atoms with van der Waals surface area (Å²) in [6.07, 6.45) is 1.72. The highest BCUT2D eigenvalue weighted by atomic mass is 32.2. The number of rotatable bonds is 9. The van der Waals surface area contributed by atoms with Gasteiger partial charge in [0, 0.05) is 10.6 Å². The molecule has 27 heavy (non-hydrogen) atoms. The molecule has 0 saturated carbocycles.